The van der Waals surface area contributed by atoms with Gasteiger partial charge in [-0.2, -0.15) is 0 Å². The van der Waals surface area contributed by atoms with Crippen LogP contribution >= 0.6 is 11.6 Å². The predicted molar refractivity (Wildman–Crippen MR) is 110 cm³/mol. The molecule has 0 aliphatic carbocycles. The SMILES string of the molecule is Cc1oc([C@@H](NC(=O)c2ccc(Cl)cc2)C(C)C)nc1C(=O)Nc1cccnc1. The Morgan fingerprint density at radius 1 is 1.10 bits per heavy atom. The number of benzene rings is 1. The summed E-state index contributed by atoms with van der Waals surface area (Å²) in [4.78, 5) is 33.5. The minimum atomic E-state index is -0.503. The number of oxazole rings is 1. The van der Waals surface area contributed by atoms with E-state index in [1.54, 1.807) is 49.5 Å². The average Bonchev–Trinajstić information content (AvgIpc) is 3.08. The topological polar surface area (TPSA) is 97.1 Å². The van der Waals surface area contributed by atoms with Crippen LogP contribution in [0.5, 0.6) is 0 Å². The number of nitrogens with zero attached hydrogens (tertiary/aromatic N) is 2. The van der Waals surface area contributed by atoms with Crippen molar-refractivity contribution in [3.63, 3.8) is 0 Å². The van der Waals surface area contributed by atoms with Crippen LogP contribution in [0.15, 0.2) is 53.2 Å². The number of carbonyl (C=O) groups is 2. The van der Waals surface area contributed by atoms with E-state index in [1.807, 2.05) is 13.8 Å². The van der Waals surface area contributed by atoms with E-state index in [0.29, 0.717) is 22.0 Å². The summed E-state index contributed by atoms with van der Waals surface area (Å²) in [6.07, 6.45) is 3.16. The van der Waals surface area contributed by atoms with E-state index in [4.69, 9.17) is 16.0 Å². The quantitative estimate of drug-likeness (QED) is 0.625. The first-order chi connectivity index (χ1) is 13.8. The van der Waals surface area contributed by atoms with Crippen molar-refractivity contribution in [2.75, 3.05) is 5.32 Å². The zero-order chi connectivity index (χ0) is 21.0. The van der Waals surface area contributed by atoms with E-state index in [-0.39, 0.29) is 23.4 Å². The van der Waals surface area contributed by atoms with Crippen molar-refractivity contribution in [2.45, 2.75) is 26.8 Å². The monoisotopic (exact) mass is 412 g/mol. The van der Waals surface area contributed by atoms with Gasteiger partial charge in [0.1, 0.15) is 11.8 Å². The fourth-order valence-electron chi connectivity index (χ4n) is 2.73. The van der Waals surface area contributed by atoms with Crippen LogP contribution in [0.25, 0.3) is 0 Å². The highest BCUT2D eigenvalue weighted by atomic mass is 35.5. The first-order valence-electron chi connectivity index (χ1n) is 9.10. The van der Waals surface area contributed by atoms with E-state index in [9.17, 15) is 9.59 Å². The van der Waals surface area contributed by atoms with Gasteiger partial charge in [-0.1, -0.05) is 25.4 Å². The maximum absolute atomic E-state index is 12.6. The van der Waals surface area contributed by atoms with E-state index < -0.39 is 11.9 Å². The van der Waals surface area contributed by atoms with Crippen LogP contribution in [0.2, 0.25) is 5.02 Å². The Bertz CT molecular complexity index is 1000. The highest BCUT2D eigenvalue weighted by molar-refractivity contribution is 6.30. The lowest BCUT2D eigenvalue weighted by Crippen LogP contribution is -2.32. The van der Waals surface area contributed by atoms with Gasteiger partial charge in [-0.05, 0) is 49.2 Å². The molecule has 2 heterocycles. The maximum atomic E-state index is 12.6. The van der Waals surface area contributed by atoms with Gasteiger partial charge < -0.3 is 15.1 Å². The summed E-state index contributed by atoms with van der Waals surface area (Å²) in [6.45, 7) is 5.52. The molecule has 150 valence electrons. The third-order valence-corrected chi connectivity index (χ3v) is 4.53. The zero-order valence-electron chi connectivity index (χ0n) is 16.3. The summed E-state index contributed by atoms with van der Waals surface area (Å²) < 4.78 is 5.73. The van der Waals surface area contributed by atoms with Crippen molar-refractivity contribution in [1.29, 1.82) is 0 Å². The lowest BCUT2D eigenvalue weighted by atomic mass is 10.0. The summed E-state index contributed by atoms with van der Waals surface area (Å²) in [5.41, 5.74) is 1.19. The molecule has 0 saturated heterocycles. The number of nitrogens with one attached hydrogen (secondary N) is 2. The Kier molecular flexibility index (Phi) is 6.29. The third kappa shape index (κ3) is 5.00. The minimum Gasteiger partial charge on any atom is -0.443 e. The summed E-state index contributed by atoms with van der Waals surface area (Å²) in [5, 5.41) is 6.20. The first kappa shape index (κ1) is 20.5. The Labute approximate surface area is 173 Å². The van der Waals surface area contributed by atoms with Crippen LogP contribution in [0, 0.1) is 12.8 Å². The number of aryl methyl sites for hydroxylation is 1. The second kappa shape index (κ2) is 8.87. The van der Waals surface area contributed by atoms with Gasteiger partial charge in [-0.25, -0.2) is 4.98 Å². The standard InChI is InChI=1S/C21H21ClN4O3/c1-12(2)17(25-19(27)14-6-8-15(22)9-7-14)21-26-18(13(3)29-21)20(28)24-16-5-4-10-23-11-16/h4-12,17H,1-3H3,(H,24,28)(H,25,27)/t17-/m0/s1. The van der Waals surface area contributed by atoms with Crippen molar-refractivity contribution in [1.82, 2.24) is 15.3 Å². The molecule has 2 aromatic heterocycles. The molecule has 1 aromatic carbocycles. The molecular formula is C21H21ClN4O3. The molecule has 29 heavy (non-hydrogen) atoms. The van der Waals surface area contributed by atoms with E-state index >= 15 is 0 Å². The van der Waals surface area contributed by atoms with Crippen LogP contribution in [0.3, 0.4) is 0 Å². The van der Waals surface area contributed by atoms with Crippen molar-refractivity contribution < 1.29 is 14.0 Å². The summed E-state index contributed by atoms with van der Waals surface area (Å²) >= 11 is 5.88. The Balaban J connectivity index is 1.79. The molecule has 0 aliphatic heterocycles. The summed E-state index contributed by atoms with van der Waals surface area (Å²) in [6, 6.07) is 9.53. The number of hydrogen-bond donors (Lipinski definition) is 2. The number of pyridine rings is 1. The molecule has 0 bridgehead atoms. The number of anilines is 1. The number of hydrogen-bond acceptors (Lipinski definition) is 5. The minimum absolute atomic E-state index is 0.0152. The number of rotatable bonds is 6. The van der Waals surface area contributed by atoms with Gasteiger partial charge in [0, 0.05) is 16.8 Å². The molecule has 3 aromatic rings. The van der Waals surface area contributed by atoms with E-state index in [2.05, 4.69) is 20.6 Å². The molecule has 0 unspecified atom stereocenters. The molecular weight excluding hydrogens is 392 g/mol. The summed E-state index contributed by atoms with van der Waals surface area (Å²) in [5.74, 6) is -0.0583. The van der Waals surface area contributed by atoms with E-state index in [1.165, 1.54) is 6.20 Å². The lowest BCUT2D eigenvalue weighted by Gasteiger charge is -2.19. The Morgan fingerprint density at radius 2 is 1.83 bits per heavy atom. The molecule has 0 fully saturated rings. The van der Waals surface area contributed by atoms with Gasteiger partial charge in [0.2, 0.25) is 5.89 Å². The summed E-state index contributed by atoms with van der Waals surface area (Å²) in [7, 11) is 0. The third-order valence-electron chi connectivity index (χ3n) is 4.27. The highest BCUT2D eigenvalue weighted by Crippen LogP contribution is 2.24. The van der Waals surface area contributed by atoms with Crippen LogP contribution < -0.4 is 10.6 Å². The van der Waals surface area contributed by atoms with Crippen LogP contribution in [0.4, 0.5) is 5.69 Å². The molecule has 1 atom stereocenters. The second-order valence-electron chi connectivity index (χ2n) is 6.85. The number of halogens is 1. The average molecular weight is 413 g/mol. The lowest BCUT2D eigenvalue weighted by molar-refractivity contribution is 0.0916. The van der Waals surface area contributed by atoms with Gasteiger partial charge in [0.05, 0.1) is 11.9 Å². The fraction of sp³-hybridized carbons (Fsp3) is 0.238. The molecule has 0 radical (unpaired) electrons. The van der Waals surface area contributed by atoms with Gasteiger partial charge in [-0.3, -0.25) is 14.6 Å². The van der Waals surface area contributed by atoms with Crippen molar-refractivity contribution in [3.05, 3.63) is 76.7 Å². The highest BCUT2D eigenvalue weighted by Gasteiger charge is 2.27. The molecule has 7 nitrogen and oxygen atoms in total. The maximum Gasteiger partial charge on any atom is 0.277 e. The number of amides is 2. The van der Waals surface area contributed by atoms with Crippen LogP contribution in [-0.2, 0) is 0 Å². The van der Waals surface area contributed by atoms with Gasteiger partial charge >= 0.3 is 0 Å². The van der Waals surface area contributed by atoms with E-state index in [0.717, 1.165) is 0 Å². The van der Waals surface area contributed by atoms with Crippen molar-refractivity contribution >= 4 is 29.1 Å². The Morgan fingerprint density at radius 3 is 2.45 bits per heavy atom. The van der Waals surface area contributed by atoms with Crippen molar-refractivity contribution in [3.8, 4) is 0 Å². The number of aromatic nitrogens is 2. The van der Waals surface area contributed by atoms with Gasteiger partial charge in [-0.15, -0.1) is 0 Å². The van der Waals surface area contributed by atoms with Crippen molar-refractivity contribution in [2.24, 2.45) is 5.92 Å². The van der Waals surface area contributed by atoms with Crippen LogP contribution in [0.1, 0.15) is 52.4 Å². The smallest absolute Gasteiger partial charge is 0.277 e. The van der Waals surface area contributed by atoms with Gasteiger partial charge in [0.25, 0.3) is 11.8 Å². The van der Waals surface area contributed by atoms with Gasteiger partial charge in [0.15, 0.2) is 5.69 Å². The molecule has 8 heteroatoms. The van der Waals surface area contributed by atoms with Crippen LogP contribution in [-0.4, -0.2) is 21.8 Å². The molecule has 0 spiro atoms. The number of carbonyl (C=O) groups excluding carboxylic acids is 2. The molecule has 0 aliphatic rings. The predicted octanol–water partition coefficient (Wildman–Crippen LogP) is 4.41. The molecule has 2 amide bonds. The Hall–Kier alpha value is -3.19. The fourth-order valence-corrected chi connectivity index (χ4v) is 2.85. The largest absolute Gasteiger partial charge is 0.443 e. The molecule has 2 N–H and O–H groups in total. The zero-order valence-corrected chi connectivity index (χ0v) is 17.0. The molecule has 0 saturated carbocycles. The second-order valence-corrected chi connectivity index (χ2v) is 7.29. The first-order valence-corrected chi connectivity index (χ1v) is 9.48. The molecule has 3 rings (SSSR count). The normalized spacial score (nSPS) is 11.9.